The summed E-state index contributed by atoms with van der Waals surface area (Å²) in [6.45, 7) is 1.80. The van der Waals surface area contributed by atoms with Gasteiger partial charge in [0, 0.05) is 13.1 Å². The minimum absolute atomic E-state index is 0.0969. The molecule has 2 aliphatic heterocycles. The van der Waals surface area contributed by atoms with E-state index in [1.54, 1.807) is 38.5 Å². The lowest BCUT2D eigenvalue weighted by Gasteiger charge is -2.45. The van der Waals surface area contributed by atoms with E-state index >= 15 is 0 Å². The summed E-state index contributed by atoms with van der Waals surface area (Å²) in [5.41, 5.74) is 2.80. The number of fused-ring (bicyclic) bond motifs is 2. The number of ether oxygens (including phenoxy) is 3. The fraction of sp³-hybridized carbons (Fsp3) is 0.391. The molecule has 0 radical (unpaired) electrons. The van der Waals surface area contributed by atoms with Crippen LogP contribution in [0.3, 0.4) is 0 Å². The third-order valence-corrected chi connectivity index (χ3v) is 5.99. The molecule has 2 heterocycles. The van der Waals surface area contributed by atoms with Crippen molar-refractivity contribution >= 4 is 5.91 Å². The molecule has 6 heteroatoms. The molecule has 0 aliphatic carbocycles. The maximum Gasteiger partial charge on any atom is 0.255 e. The van der Waals surface area contributed by atoms with Gasteiger partial charge in [-0.15, -0.1) is 0 Å². The van der Waals surface area contributed by atoms with Gasteiger partial charge < -0.3 is 19.1 Å². The van der Waals surface area contributed by atoms with Crippen molar-refractivity contribution in [3.63, 3.8) is 0 Å². The molecule has 4 rings (SSSR count). The number of likely N-dealkylation sites (tertiary alicyclic amines) is 1. The molecular formula is C23H24N2O4. The summed E-state index contributed by atoms with van der Waals surface area (Å²) in [4.78, 5) is 14.8. The Balaban J connectivity index is 1.59. The van der Waals surface area contributed by atoms with Gasteiger partial charge in [0.05, 0.1) is 43.6 Å². The van der Waals surface area contributed by atoms with Crippen LogP contribution in [0.5, 0.6) is 11.5 Å². The average Bonchev–Trinajstić information content (AvgIpc) is 2.78. The van der Waals surface area contributed by atoms with Gasteiger partial charge in [-0.2, -0.15) is 5.26 Å². The Bertz CT molecular complexity index is 971. The largest absolute Gasteiger partial charge is 0.493 e. The molecule has 0 bridgehead atoms. The molecule has 29 heavy (non-hydrogen) atoms. The van der Waals surface area contributed by atoms with Crippen LogP contribution >= 0.6 is 0 Å². The third kappa shape index (κ3) is 3.32. The SMILES string of the molecule is COc1cc2c(cc1OC)C1(CCN(C(=O)c3ccccc3C#N)CC1)OCC2. The number of methoxy groups -OCH3 is 2. The number of nitriles is 1. The fourth-order valence-corrected chi connectivity index (χ4v) is 4.41. The lowest BCUT2D eigenvalue weighted by molar-refractivity contribution is -0.0936. The highest BCUT2D eigenvalue weighted by atomic mass is 16.5. The van der Waals surface area contributed by atoms with Gasteiger partial charge >= 0.3 is 0 Å². The first kappa shape index (κ1) is 19.3. The molecule has 2 aromatic carbocycles. The number of benzene rings is 2. The molecule has 1 saturated heterocycles. The molecule has 1 fully saturated rings. The van der Waals surface area contributed by atoms with Crippen molar-refractivity contribution in [1.29, 1.82) is 5.26 Å². The summed E-state index contributed by atoms with van der Waals surface area (Å²) in [6, 6.07) is 13.1. The Morgan fingerprint density at radius 1 is 1.14 bits per heavy atom. The van der Waals surface area contributed by atoms with Crippen LogP contribution in [0.1, 0.15) is 39.9 Å². The number of hydrogen-bond acceptors (Lipinski definition) is 5. The van der Waals surface area contributed by atoms with E-state index in [-0.39, 0.29) is 5.91 Å². The number of hydrogen-bond donors (Lipinski definition) is 0. The summed E-state index contributed by atoms with van der Waals surface area (Å²) in [7, 11) is 3.27. The molecule has 1 amide bonds. The minimum atomic E-state index is -0.418. The van der Waals surface area contributed by atoms with Gasteiger partial charge in [0.15, 0.2) is 11.5 Å². The molecule has 2 aliphatic rings. The summed E-state index contributed by atoms with van der Waals surface area (Å²) < 4.78 is 17.3. The molecule has 150 valence electrons. The Kier molecular flexibility index (Phi) is 5.16. The summed E-state index contributed by atoms with van der Waals surface area (Å²) in [5, 5.41) is 9.30. The fourth-order valence-electron chi connectivity index (χ4n) is 4.41. The molecule has 0 atom stereocenters. The molecule has 1 spiro atoms. The first-order valence-electron chi connectivity index (χ1n) is 9.79. The summed E-state index contributed by atoms with van der Waals surface area (Å²) in [6.07, 6.45) is 2.24. The topological polar surface area (TPSA) is 71.8 Å². The number of amides is 1. The Hall–Kier alpha value is -3.04. The van der Waals surface area contributed by atoms with Crippen LogP contribution in [0.15, 0.2) is 36.4 Å². The normalized spacial score (nSPS) is 17.3. The predicted molar refractivity (Wildman–Crippen MR) is 107 cm³/mol. The Labute approximate surface area is 170 Å². The van der Waals surface area contributed by atoms with E-state index in [1.807, 2.05) is 17.0 Å². The van der Waals surface area contributed by atoms with Crippen LogP contribution in [0.4, 0.5) is 0 Å². The number of nitrogens with zero attached hydrogens (tertiary/aromatic N) is 2. The lowest BCUT2D eigenvalue weighted by Crippen LogP contribution is -2.48. The van der Waals surface area contributed by atoms with Crippen molar-refractivity contribution < 1.29 is 19.0 Å². The average molecular weight is 392 g/mol. The zero-order valence-corrected chi connectivity index (χ0v) is 16.7. The monoisotopic (exact) mass is 392 g/mol. The van der Waals surface area contributed by atoms with Crippen LogP contribution in [0, 0.1) is 11.3 Å². The second-order valence-corrected chi connectivity index (χ2v) is 7.41. The zero-order chi connectivity index (χ0) is 20.4. The molecule has 0 N–H and O–H groups in total. The van der Waals surface area contributed by atoms with E-state index in [4.69, 9.17) is 14.2 Å². The minimum Gasteiger partial charge on any atom is -0.493 e. The molecule has 2 aromatic rings. The molecule has 6 nitrogen and oxygen atoms in total. The van der Waals surface area contributed by atoms with Crippen molar-refractivity contribution in [2.24, 2.45) is 0 Å². The van der Waals surface area contributed by atoms with Crippen LogP contribution in [-0.4, -0.2) is 44.7 Å². The number of carbonyl (C=O) groups is 1. The van der Waals surface area contributed by atoms with Gasteiger partial charge in [-0.25, -0.2) is 0 Å². The van der Waals surface area contributed by atoms with E-state index in [0.717, 1.165) is 17.7 Å². The molecule has 0 saturated carbocycles. The summed E-state index contributed by atoms with van der Waals surface area (Å²) >= 11 is 0. The van der Waals surface area contributed by atoms with Gasteiger partial charge in [-0.3, -0.25) is 4.79 Å². The van der Waals surface area contributed by atoms with Crippen molar-refractivity contribution in [3.8, 4) is 17.6 Å². The van der Waals surface area contributed by atoms with E-state index in [0.29, 0.717) is 49.4 Å². The standard InChI is InChI=1S/C23H24N2O4/c1-27-20-13-16-7-12-29-23(19(16)14-21(20)28-2)8-10-25(11-9-23)22(26)18-6-4-3-5-17(18)15-24/h3-6,13-14H,7-12H2,1-2H3. The van der Waals surface area contributed by atoms with Crippen LogP contribution in [0.2, 0.25) is 0 Å². The number of rotatable bonds is 3. The molecule has 0 unspecified atom stereocenters. The van der Waals surface area contributed by atoms with Gasteiger partial charge in [0.1, 0.15) is 0 Å². The predicted octanol–water partition coefficient (Wildman–Crippen LogP) is 3.28. The molecular weight excluding hydrogens is 368 g/mol. The highest BCUT2D eigenvalue weighted by Crippen LogP contribution is 2.45. The first-order valence-corrected chi connectivity index (χ1v) is 9.79. The maximum atomic E-state index is 13.0. The van der Waals surface area contributed by atoms with Crippen LogP contribution in [-0.2, 0) is 16.8 Å². The Morgan fingerprint density at radius 3 is 2.52 bits per heavy atom. The van der Waals surface area contributed by atoms with Crippen molar-refractivity contribution in [3.05, 3.63) is 58.7 Å². The van der Waals surface area contributed by atoms with Crippen molar-refractivity contribution in [2.45, 2.75) is 24.9 Å². The smallest absolute Gasteiger partial charge is 0.255 e. The lowest BCUT2D eigenvalue weighted by atomic mass is 9.79. The number of carbonyl (C=O) groups excluding carboxylic acids is 1. The van der Waals surface area contributed by atoms with Gasteiger partial charge in [0.25, 0.3) is 5.91 Å². The summed E-state index contributed by atoms with van der Waals surface area (Å²) in [5.74, 6) is 1.32. The van der Waals surface area contributed by atoms with E-state index < -0.39 is 5.60 Å². The van der Waals surface area contributed by atoms with E-state index in [1.165, 1.54) is 5.56 Å². The van der Waals surface area contributed by atoms with E-state index in [9.17, 15) is 10.1 Å². The zero-order valence-electron chi connectivity index (χ0n) is 16.7. The molecule has 0 aromatic heterocycles. The Morgan fingerprint density at radius 2 is 1.83 bits per heavy atom. The van der Waals surface area contributed by atoms with Crippen molar-refractivity contribution in [2.75, 3.05) is 33.9 Å². The maximum absolute atomic E-state index is 13.0. The van der Waals surface area contributed by atoms with Crippen molar-refractivity contribution in [1.82, 2.24) is 4.90 Å². The van der Waals surface area contributed by atoms with Gasteiger partial charge in [-0.05, 0) is 54.7 Å². The van der Waals surface area contributed by atoms with E-state index in [2.05, 4.69) is 6.07 Å². The highest BCUT2D eigenvalue weighted by molar-refractivity contribution is 5.96. The second-order valence-electron chi connectivity index (χ2n) is 7.41. The third-order valence-electron chi connectivity index (χ3n) is 5.99. The first-order chi connectivity index (χ1) is 14.1. The van der Waals surface area contributed by atoms with Gasteiger partial charge in [-0.1, -0.05) is 12.1 Å². The highest BCUT2D eigenvalue weighted by Gasteiger charge is 2.42. The van der Waals surface area contributed by atoms with Gasteiger partial charge in [0.2, 0.25) is 0 Å². The second kappa shape index (κ2) is 7.76. The van der Waals surface area contributed by atoms with Crippen LogP contribution < -0.4 is 9.47 Å². The number of piperidine rings is 1. The van der Waals surface area contributed by atoms with Crippen LogP contribution in [0.25, 0.3) is 0 Å². The quantitative estimate of drug-likeness (QED) is 0.802.